The van der Waals surface area contributed by atoms with Gasteiger partial charge in [-0.1, -0.05) is 12.1 Å². The molecule has 3 rings (SSSR count). The van der Waals surface area contributed by atoms with Gasteiger partial charge in [-0.15, -0.1) is 22.7 Å². The average molecular weight is 220 g/mol. The van der Waals surface area contributed by atoms with E-state index in [1.54, 1.807) is 22.7 Å². The highest BCUT2D eigenvalue weighted by molar-refractivity contribution is 7.30. The highest BCUT2D eigenvalue weighted by Crippen LogP contribution is 2.38. The van der Waals surface area contributed by atoms with E-state index in [1.807, 2.05) is 12.1 Å². The number of fused-ring (bicyclic) bond motifs is 3. The van der Waals surface area contributed by atoms with Gasteiger partial charge in [-0.2, -0.15) is 0 Å². The fourth-order valence-corrected chi connectivity index (χ4v) is 3.64. The minimum atomic E-state index is 0.861. The fraction of sp³-hybridized carbons (Fsp3) is 0. The van der Waals surface area contributed by atoms with Crippen LogP contribution in [0.25, 0.3) is 20.2 Å². The molecule has 0 aliphatic carbocycles. The van der Waals surface area contributed by atoms with Gasteiger partial charge in [0, 0.05) is 0 Å². The Morgan fingerprint density at radius 1 is 0.786 bits per heavy atom. The first-order valence-corrected chi connectivity index (χ1v) is 5.84. The lowest BCUT2D eigenvalue weighted by atomic mass is 10.2. The highest BCUT2D eigenvalue weighted by atomic mass is 32.1. The van der Waals surface area contributed by atoms with Crippen LogP contribution in [0.5, 0.6) is 0 Å². The van der Waals surface area contributed by atoms with E-state index in [1.165, 1.54) is 20.2 Å². The van der Waals surface area contributed by atoms with Crippen molar-refractivity contribution in [2.24, 2.45) is 0 Å². The molecule has 2 heterocycles. The number of rotatable bonds is 0. The van der Waals surface area contributed by atoms with Gasteiger partial charge < -0.3 is 11.5 Å². The average Bonchev–Trinajstić information content (AvgIpc) is 2.65. The molecule has 0 bridgehead atoms. The Morgan fingerprint density at radius 3 is 1.64 bits per heavy atom. The van der Waals surface area contributed by atoms with Crippen molar-refractivity contribution in [3.8, 4) is 0 Å². The van der Waals surface area contributed by atoms with Crippen molar-refractivity contribution < 1.29 is 0 Å². The van der Waals surface area contributed by atoms with E-state index in [2.05, 4.69) is 12.1 Å². The highest BCUT2D eigenvalue weighted by Gasteiger charge is 2.06. The molecule has 0 saturated heterocycles. The Balaban J connectivity index is 2.58. The Morgan fingerprint density at radius 2 is 1.21 bits per heavy atom. The molecule has 0 radical (unpaired) electrons. The van der Waals surface area contributed by atoms with Gasteiger partial charge in [0.05, 0.1) is 19.4 Å². The Hall–Kier alpha value is -1.26. The van der Waals surface area contributed by atoms with E-state index in [-0.39, 0.29) is 0 Å². The minimum absolute atomic E-state index is 0.861. The van der Waals surface area contributed by atoms with Crippen LogP contribution in [0.15, 0.2) is 24.3 Å². The summed E-state index contributed by atoms with van der Waals surface area (Å²) in [5.74, 6) is 0. The SMILES string of the molecule is Nc1cc2ccc3cc(N)sc3c2s1. The summed E-state index contributed by atoms with van der Waals surface area (Å²) in [5.41, 5.74) is 11.6. The van der Waals surface area contributed by atoms with Gasteiger partial charge in [-0.25, -0.2) is 0 Å². The zero-order chi connectivity index (χ0) is 9.71. The molecule has 2 nitrogen and oxygen atoms in total. The van der Waals surface area contributed by atoms with Crippen LogP contribution in [0.4, 0.5) is 10.0 Å². The zero-order valence-corrected chi connectivity index (χ0v) is 8.91. The standard InChI is InChI=1S/C10H8N2S2/c11-7-3-5-1-2-6-4-8(12)14-10(6)9(5)13-7/h1-4H,11-12H2. The number of nitrogen functional groups attached to an aromatic ring is 2. The van der Waals surface area contributed by atoms with E-state index >= 15 is 0 Å². The molecule has 3 aromatic rings. The molecule has 0 fully saturated rings. The second kappa shape index (κ2) is 2.62. The summed E-state index contributed by atoms with van der Waals surface area (Å²) in [6.07, 6.45) is 0. The summed E-state index contributed by atoms with van der Waals surface area (Å²) >= 11 is 3.26. The van der Waals surface area contributed by atoms with Crippen molar-refractivity contribution in [1.82, 2.24) is 0 Å². The number of thiophene rings is 2. The van der Waals surface area contributed by atoms with E-state index in [0.717, 1.165) is 10.0 Å². The molecule has 4 heteroatoms. The summed E-state index contributed by atoms with van der Waals surface area (Å²) < 4.78 is 2.50. The Kier molecular flexibility index (Phi) is 1.51. The van der Waals surface area contributed by atoms with Crippen LogP contribution in [-0.4, -0.2) is 0 Å². The second-order valence-corrected chi connectivity index (χ2v) is 5.37. The van der Waals surface area contributed by atoms with Gasteiger partial charge in [0.2, 0.25) is 0 Å². The summed E-state index contributed by atoms with van der Waals surface area (Å²) in [7, 11) is 0. The third kappa shape index (κ3) is 1.01. The normalized spacial score (nSPS) is 11.4. The van der Waals surface area contributed by atoms with E-state index in [4.69, 9.17) is 11.5 Å². The van der Waals surface area contributed by atoms with Crippen molar-refractivity contribution in [2.75, 3.05) is 11.5 Å². The molecule has 0 amide bonds. The van der Waals surface area contributed by atoms with Gasteiger partial charge >= 0.3 is 0 Å². The zero-order valence-electron chi connectivity index (χ0n) is 7.28. The van der Waals surface area contributed by atoms with Gasteiger partial charge in [0.1, 0.15) is 0 Å². The van der Waals surface area contributed by atoms with Crippen LogP contribution in [-0.2, 0) is 0 Å². The molecular weight excluding hydrogens is 212 g/mol. The van der Waals surface area contributed by atoms with Gasteiger partial charge in [-0.05, 0) is 22.9 Å². The number of hydrogen-bond donors (Lipinski definition) is 2. The lowest BCUT2D eigenvalue weighted by Gasteiger charge is -1.89. The molecule has 0 aliphatic rings. The van der Waals surface area contributed by atoms with E-state index in [0.29, 0.717) is 0 Å². The number of nitrogens with two attached hydrogens (primary N) is 2. The minimum Gasteiger partial charge on any atom is -0.391 e. The maximum Gasteiger partial charge on any atom is 0.0869 e. The fourth-order valence-electron chi connectivity index (χ4n) is 1.63. The Bertz CT molecular complexity index is 566. The number of hydrogen-bond acceptors (Lipinski definition) is 4. The van der Waals surface area contributed by atoms with Crippen LogP contribution in [0.1, 0.15) is 0 Å². The van der Waals surface area contributed by atoms with Crippen molar-refractivity contribution in [3.05, 3.63) is 24.3 Å². The van der Waals surface area contributed by atoms with Gasteiger partial charge in [0.25, 0.3) is 0 Å². The monoisotopic (exact) mass is 220 g/mol. The lowest BCUT2D eigenvalue weighted by Crippen LogP contribution is -1.73. The molecule has 0 unspecified atom stereocenters. The molecule has 0 saturated carbocycles. The predicted octanol–water partition coefficient (Wildman–Crippen LogP) is 3.28. The molecule has 0 aliphatic heterocycles. The first kappa shape index (κ1) is 8.08. The molecule has 1 aromatic carbocycles. The van der Waals surface area contributed by atoms with E-state index < -0.39 is 0 Å². The van der Waals surface area contributed by atoms with Crippen LogP contribution in [0.3, 0.4) is 0 Å². The van der Waals surface area contributed by atoms with Crippen LogP contribution < -0.4 is 11.5 Å². The quantitative estimate of drug-likeness (QED) is 0.611. The number of benzene rings is 1. The molecule has 0 atom stereocenters. The smallest absolute Gasteiger partial charge is 0.0869 e. The Labute approximate surface area is 88.8 Å². The first-order chi connectivity index (χ1) is 6.74. The summed E-state index contributed by atoms with van der Waals surface area (Å²) in [6.45, 7) is 0. The van der Waals surface area contributed by atoms with Crippen molar-refractivity contribution in [1.29, 1.82) is 0 Å². The van der Waals surface area contributed by atoms with Crippen molar-refractivity contribution >= 4 is 52.8 Å². The van der Waals surface area contributed by atoms with Crippen molar-refractivity contribution in [2.45, 2.75) is 0 Å². The molecule has 4 N–H and O–H groups in total. The maximum atomic E-state index is 5.78. The number of anilines is 2. The lowest BCUT2D eigenvalue weighted by molar-refractivity contribution is 1.93. The summed E-state index contributed by atoms with van der Waals surface area (Å²) in [5, 5.41) is 4.14. The maximum absolute atomic E-state index is 5.78. The first-order valence-electron chi connectivity index (χ1n) is 4.21. The van der Waals surface area contributed by atoms with Crippen LogP contribution in [0.2, 0.25) is 0 Å². The second-order valence-electron chi connectivity index (χ2n) is 3.20. The third-order valence-corrected chi connectivity index (χ3v) is 4.33. The van der Waals surface area contributed by atoms with Crippen LogP contribution >= 0.6 is 22.7 Å². The molecule has 0 spiro atoms. The molecule has 2 aromatic heterocycles. The topological polar surface area (TPSA) is 52.0 Å². The van der Waals surface area contributed by atoms with E-state index in [9.17, 15) is 0 Å². The molecule has 70 valence electrons. The van der Waals surface area contributed by atoms with Crippen LogP contribution in [0, 0.1) is 0 Å². The van der Waals surface area contributed by atoms with Gasteiger partial charge in [-0.3, -0.25) is 0 Å². The third-order valence-electron chi connectivity index (χ3n) is 2.21. The summed E-state index contributed by atoms with van der Waals surface area (Å²) in [6, 6.07) is 8.21. The largest absolute Gasteiger partial charge is 0.391 e. The molecule has 14 heavy (non-hydrogen) atoms. The summed E-state index contributed by atoms with van der Waals surface area (Å²) in [4.78, 5) is 0. The van der Waals surface area contributed by atoms with Gasteiger partial charge in [0.15, 0.2) is 0 Å². The van der Waals surface area contributed by atoms with Crippen molar-refractivity contribution in [3.63, 3.8) is 0 Å². The predicted molar refractivity (Wildman–Crippen MR) is 66.0 cm³/mol. The molecular formula is C10H8N2S2.